The number of benzene rings is 1. The molecule has 1 unspecified atom stereocenters. The number of hydrogen-bond donors (Lipinski definition) is 1. The molecule has 28 heavy (non-hydrogen) atoms. The van der Waals surface area contributed by atoms with Gasteiger partial charge in [-0.2, -0.15) is 4.37 Å². The SMILES string of the molecule is C=C.CC.CCC(CN)[C@@H](CC)CN1CCN(c2nsc3ccccc23)CC1. The summed E-state index contributed by atoms with van der Waals surface area (Å²) in [5, 5.41) is 1.30. The predicted molar refractivity (Wildman–Crippen MR) is 127 cm³/mol. The fraction of sp³-hybridized carbons (Fsp3) is 0.609. The molecule has 0 saturated carbocycles. The van der Waals surface area contributed by atoms with Crippen molar-refractivity contribution in [1.82, 2.24) is 9.27 Å². The van der Waals surface area contributed by atoms with Gasteiger partial charge in [0.25, 0.3) is 0 Å². The lowest BCUT2D eigenvalue weighted by Gasteiger charge is -2.38. The minimum atomic E-state index is 0.663. The number of rotatable bonds is 7. The average molecular weight is 405 g/mol. The zero-order valence-corrected chi connectivity index (χ0v) is 19.2. The largest absolute Gasteiger partial charge is 0.353 e. The van der Waals surface area contributed by atoms with Crippen LogP contribution in [0.25, 0.3) is 10.1 Å². The summed E-state index contributed by atoms with van der Waals surface area (Å²) in [5.41, 5.74) is 5.97. The van der Waals surface area contributed by atoms with Gasteiger partial charge in [0.15, 0.2) is 0 Å². The van der Waals surface area contributed by atoms with E-state index in [4.69, 9.17) is 10.1 Å². The second kappa shape index (κ2) is 13.7. The molecular weight excluding hydrogens is 364 g/mol. The minimum Gasteiger partial charge on any atom is -0.353 e. The Bertz CT molecular complexity index is 645. The van der Waals surface area contributed by atoms with Crippen LogP contribution in [0.3, 0.4) is 0 Å². The molecule has 4 nitrogen and oxygen atoms in total. The van der Waals surface area contributed by atoms with Crippen LogP contribution in [0.1, 0.15) is 40.5 Å². The molecule has 1 saturated heterocycles. The number of anilines is 1. The first-order valence-electron chi connectivity index (χ1n) is 10.8. The average Bonchev–Trinajstić information content (AvgIpc) is 3.21. The van der Waals surface area contributed by atoms with Crippen LogP contribution in [-0.4, -0.2) is 48.5 Å². The summed E-state index contributed by atoms with van der Waals surface area (Å²) in [6.45, 7) is 21.0. The van der Waals surface area contributed by atoms with E-state index in [1.54, 1.807) is 11.5 Å². The third-order valence-corrected chi connectivity index (χ3v) is 6.36. The van der Waals surface area contributed by atoms with Gasteiger partial charge in [-0.05, 0) is 42.0 Å². The molecule has 0 bridgehead atoms. The van der Waals surface area contributed by atoms with Crippen LogP contribution >= 0.6 is 11.5 Å². The van der Waals surface area contributed by atoms with E-state index in [1.807, 2.05) is 13.8 Å². The Hall–Kier alpha value is -1.43. The number of nitrogens with two attached hydrogens (primary N) is 1. The van der Waals surface area contributed by atoms with Gasteiger partial charge in [-0.15, -0.1) is 13.2 Å². The topological polar surface area (TPSA) is 45.4 Å². The van der Waals surface area contributed by atoms with Crippen molar-refractivity contribution in [1.29, 1.82) is 0 Å². The van der Waals surface area contributed by atoms with Gasteiger partial charge in [0, 0.05) is 38.1 Å². The zero-order chi connectivity index (χ0) is 20.9. The van der Waals surface area contributed by atoms with Crippen LogP contribution in [0.5, 0.6) is 0 Å². The molecular formula is C23H40N4S. The quantitative estimate of drug-likeness (QED) is 0.640. The van der Waals surface area contributed by atoms with Gasteiger partial charge in [-0.3, -0.25) is 4.90 Å². The van der Waals surface area contributed by atoms with Crippen LogP contribution in [0.2, 0.25) is 0 Å². The molecule has 3 rings (SSSR count). The van der Waals surface area contributed by atoms with E-state index in [9.17, 15) is 0 Å². The molecule has 1 aliphatic rings. The molecule has 0 aliphatic carbocycles. The van der Waals surface area contributed by atoms with Crippen LogP contribution in [0.4, 0.5) is 5.82 Å². The highest BCUT2D eigenvalue weighted by atomic mass is 32.1. The van der Waals surface area contributed by atoms with Crippen LogP contribution in [-0.2, 0) is 0 Å². The van der Waals surface area contributed by atoms with Crippen LogP contribution in [0, 0.1) is 11.8 Å². The number of nitrogens with zero attached hydrogens (tertiary/aromatic N) is 3. The molecule has 2 heterocycles. The maximum absolute atomic E-state index is 5.97. The van der Waals surface area contributed by atoms with Crippen LogP contribution < -0.4 is 10.6 Å². The number of fused-ring (bicyclic) bond motifs is 1. The summed E-state index contributed by atoms with van der Waals surface area (Å²) in [4.78, 5) is 5.08. The maximum Gasteiger partial charge on any atom is 0.150 e. The second-order valence-corrected chi connectivity index (χ2v) is 7.67. The molecule has 0 spiro atoms. The van der Waals surface area contributed by atoms with Crippen molar-refractivity contribution < 1.29 is 0 Å². The van der Waals surface area contributed by atoms with Gasteiger partial charge in [0.2, 0.25) is 0 Å². The Balaban J connectivity index is 0.000000921. The van der Waals surface area contributed by atoms with E-state index in [-0.39, 0.29) is 0 Å². The lowest BCUT2D eigenvalue weighted by Crippen LogP contribution is -2.48. The van der Waals surface area contributed by atoms with Gasteiger partial charge < -0.3 is 10.6 Å². The minimum absolute atomic E-state index is 0.663. The highest BCUT2D eigenvalue weighted by Gasteiger charge is 2.24. The van der Waals surface area contributed by atoms with Gasteiger partial charge >= 0.3 is 0 Å². The van der Waals surface area contributed by atoms with E-state index in [1.165, 1.54) is 35.3 Å². The monoisotopic (exact) mass is 404 g/mol. The standard InChI is InChI=1S/C19H30N4S.C2H6.C2H4/c1-3-15(13-20)16(4-2)14-22-9-11-23(12-10-22)19-17-7-5-6-8-18(17)24-21-19;2*1-2/h5-8,15-16H,3-4,9-14,20H2,1-2H3;1-2H3;1-2H2/t15?,16-;;/m0../s1. The molecule has 2 N–H and O–H groups in total. The highest BCUT2D eigenvalue weighted by molar-refractivity contribution is 7.13. The molecule has 1 aliphatic heterocycles. The fourth-order valence-corrected chi connectivity index (χ4v) is 4.67. The fourth-order valence-electron chi connectivity index (χ4n) is 3.88. The molecule has 158 valence electrons. The second-order valence-electron chi connectivity index (χ2n) is 6.86. The van der Waals surface area contributed by atoms with Crippen LogP contribution in [0.15, 0.2) is 37.4 Å². The summed E-state index contributed by atoms with van der Waals surface area (Å²) in [7, 11) is 0. The molecule has 1 fully saturated rings. The Morgan fingerprint density at radius 3 is 2.21 bits per heavy atom. The molecule has 1 aromatic heterocycles. The lowest BCUT2D eigenvalue weighted by molar-refractivity contribution is 0.176. The summed E-state index contributed by atoms with van der Waals surface area (Å²) in [6, 6.07) is 8.56. The van der Waals surface area contributed by atoms with E-state index >= 15 is 0 Å². The predicted octanol–water partition coefficient (Wildman–Crippen LogP) is 5.26. The Morgan fingerprint density at radius 1 is 1.04 bits per heavy atom. The first-order chi connectivity index (χ1) is 13.8. The number of aromatic nitrogens is 1. The molecule has 2 aromatic rings. The van der Waals surface area contributed by atoms with Crippen molar-refractivity contribution in [3.8, 4) is 0 Å². The lowest BCUT2D eigenvalue weighted by atomic mass is 9.87. The number of hydrogen-bond acceptors (Lipinski definition) is 5. The molecule has 0 amide bonds. The van der Waals surface area contributed by atoms with Crippen molar-refractivity contribution in [2.24, 2.45) is 17.6 Å². The van der Waals surface area contributed by atoms with Crippen molar-refractivity contribution >= 4 is 27.4 Å². The van der Waals surface area contributed by atoms with E-state index < -0.39 is 0 Å². The maximum atomic E-state index is 5.97. The first-order valence-corrected chi connectivity index (χ1v) is 11.6. The third kappa shape index (κ3) is 6.29. The smallest absolute Gasteiger partial charge is 0.150 e. The van der Waals surface area contributed by atoms with Crippen molar-refractivity contribution in [3.63, 3.8) is 0 Å². The van der Waals surface area contributed by atoms with Gasteiger partial charge in [-0.1, -0.05) is 52.7 Å². The molecule has 5 heteroatoms. The third-order valence-electron chi connectivity index (χ3n) is 5.54. The van der Waals surface area contributed by atoms with Gasteiger partial charge in [-0.25, -0.2) is 0 Å². The van der Waals surface area contributed by atoms with E-state index in [0.29, 0.717) is 5.92 Å². The zero-order valence-electron chi connectivity index (χ0n) is 18.4. The summed E-state index contributed by atoms with van der Waals surface area (Å²) >= 11 is 1.61. The van der Waals surface area contributed by atoms with Crippen molar-refractivity contribution in [3.05, 3.63) is 37.4 Å². The highest BCUT2D eigenvalue weighted by Crippen LogP contribution is 2.30. The summed E-state index contributed by atoms with van der Waals surface area (Å²) in [5.74, 6) is 2.57. The van der Waals surface area contributed by atoms with E-state index in [2.05, 4.69) is 61.1 Å². The normalized spacial score (nSPS) is 16.5. The Morgan fingerprint density at radius 2 is 1.64 bits per heavy atom. The Kier molecular flexibility index (Phi) is 12.0. The molecule has 1 aromatic carbocycles. The Labute approximate surface area is 176 Å². The van der Waals surface area contributed by atoms with Crippen molar-refractivity contribution in [2.45, 2.75) is 40.5 Å². The molecule has 2 atom stereocenters. The summed E-state index contributed by atoms with van der Waals surface area (Å²) in [6.07, 6.45) is 2.42. The van der Waals surface area contributed by atoms with E-state index in [0.717, 1.165) is 38.6 Å². The summed E-state index contributed by atoms with van der Waals surface area (Å²) < 4.78 is 6.00. The van der Waals surface area contributed by atoms with Gasteiger partial charge in [0.1, 0.15) is 5.82 Å². The van der Waals surface area contributed by atoms with Gasteiger partial charge in [0.05, 0.1) is 4.70 Å². The number of piperazine rings is 1. The molecule has 0 radical (unpaired) electrons. The van der Waals surface area contributed by atoms with Crippen molar-refractivity contribution in [2.75, 3.05) is 44.2 Å². The first kappa shape index (κ1) is 24.6.